The van der Waals surface area contributed by atoms with Gasteiger partial charge in [0, 0.05) is 17.3 Å². The lowest BCUT2D eigenvalue weighted by Gasteiger charge is -2.37. The highest BCUT2D eigenvalue weighted by atomic mass is 32.2. The summed E-state index contributed by atoms with van der Waals surface area (Å²) in [5, 5.41) is 6.19. The first-order chi connectivity index (χ1) is 17.5. The molecule has 0 fully saturated rings. The molecule has 1 aliphatic heterocycles. The highest BCUT2D eigenvalue weighted by molar-refractivity contribution is 7.92. The Kier molecular flexibility index (Phi) is 5.69. The van der Waals surface area contributed by atoms with Gasteiger partial charge in [-0.3, -0.25) is 4.72 Å². The fourth-order valence-electron chi connectivity index (χ4n) is 5.47. The van der Waals surface area contributed by atoms with Crippen LogP contribution in [0.2, 0.25) is 0 Å². The molecule has 4 aromatic rings. The van der Waals surface area contributed by atoms with E-state index in [4.69, 9.17) is 4.74 Å². The molecular weight excluding hydrogens is 468 g/mol. The summed E-state index contributed by atoms with van der Waals surface area (Å²) in [5.41, 5.74) is 3.78. The van der Waals surface area contributed by atoms with Crippen LogP contribution in [0.25, 0.3) is 10.8 Å². The van der Waals surface area contributed by atoms with Crippen molar-refractivity contribution in [2.75, 3.05) is 16.6 Å². The van der Waals surface area contributed by atoms with Crippen LogP contribution in [0, 0.1) is 5.92 Å². The SMILES string of the molecule is CCOc1ccc(NS(=O)(=O)c2ccc3c(c2)C2C=CCC2C(c2ccc4ccccc4c2)N3)cc1. The first-order valence-corrected chi connectivity index (χ1v) is 13.8. The summed E-state index contributed by atoms with van der Waals surface area (Å²) in [6.45, 7) is 2.47. The zero-order valence-corrected chi connectivity index (χ0v) is 20.8. The van der Waals surface area contributed by atoms with Crippen molar-refractivity contribution in [3.05, 3.63) is 108 Å². The number of fused-ring (bicyclic) bond motifs is 4. The van der Waals surface area contributed by atoms with Crippen LogP contribution in [-0.2, 0) is 10.0 Å². The minimum Gasteiger partial charge on any atom is -0.494 e. The monoisotopic (exact) mass is 496 g/mol. The maximum Gasteiger partial charge on any atom is 0.261 e. The lowest BCUT2D eigenvalue weighted by Crippen LogP contribution is -2.29. The number of benzene rings is 4. The van der Waals surface area contributed by atoms with E-state index in [1.54, 1.807) is 30.3 Å². The molecule has 3 atom stereocenters. The van der Waals surface area contributed by atoms with Crippen molar-refractivity contribution in [1.82, 2.24) is 0 Å². The van der Waals surface area contributed by atoms with Gasteiger partial charge in [0.2, 0.25) is 0 Å². The molecule has 1 heterocycles. The standard InChI is InChI=1S/C30H28N2O3S/c1-2-35-24-14-12-23(13-15-24)32-36(33,34)25-16-17-29-28(19-25)26-8-5-9-27(26)30(31-29)22-11-10-20-6-3-4-7-21(20)18-22/h3-8,10-19,26-27,30-32H,2,9H2,1H3. The van der Waals surface area contributed by atoms with Crippen molar-refractivity contribution >= 4 is 32.2 Å². The maximum atomic E-state index is 13.2. The fourth-order valence-corrected chi connectivity index (χ4v) is 6.56. The number of hydrogen-bond donors (Lipinski definition) is 2. The summed E-state index contributed by atoms with van der Waals surface area (Å²) in [5.74, 6) is 1.20. The average Bonchev–Trinajstić information content (AvgIpc) is 3.39. The Labute approximate surface area is 211 Å². The normalized spacial score (nSPS) is 20.4. The zero-order valence-electron chi connectivity index (χ0n) is 20.0. The van der Waals surface area contributed by atoms with Crippen molar-refractivity contribution in [3.63, 3.8) is 0 Å². The molecule has 0 saturated carbocycles. The van der Waals surface area contributed by atoms with Gasteiger partial charge in [0.05, 0.1) is 17.5 Å². The summed E-state index contributed by atoms with van der Waals surface area (Å²) in [7, 11) is -3.73. The number of hydrogen-bond acceptors (Lipinski definition) is 4. The molecule has 0 amide bonds. The van der Waals surface area contributed by atoms with Crippen molar-refractivity contribution in [1.29, 1.82) is 0 Å². The van der Waals surface area contributed by atoms with E-state index in [1.807, 2.05) is 19.1 Å². The molecule has 0 saturated heterocycles. The van der Waals surface area contributed by atoms with Gasteiger partial charge < -0.3 is 10.1 Å². The first kappa shape index (κ1) is 22.7. The molecule has 5 nitrogen and oxygen atoms in total. The Morgan fingerprint density at radius 2 is 1.75 bits per heavy atom. The van der Waals surface area contributed by atoms with E-state index in [1.165, 1.54) is 16.3 Å². The second-order valence-electron chi connectivity index (χ2n) is 9.39. The lowest BCUT2D eigenvalue weighted by atomic mass is 9.77. The molecule has 0 radical (unpaired) electrons. The number of rotatable bonds is 6. The molecule has 36 heavy (non-hydrogen) atoms. The van der Waals surface area contributed by atoms with Crippen LogP contribution in [-0.4, -0.2) is 15.0 Å². The van der Waals surface area contributed by atoms with Crippen LogP contribution in [0.1, 0.15) is 36.4 Å². The zero-order chi connectivity index (χ0) is 24.7. The molecular formula is C30H28N2O3S. The van der Waals surface area contributed by atoms with Gasteiger partial charge >= 0.3 is 0 Å². The molecule has 1 aliphatic carbocycles. The Bertz CT molecular complexity index is 1560. The summed E-state index contributed by atoms with van der Waals surface area (Å²) >= 11 is 0. The van der Waals surface area contributed by atoms with E-state index < -0.39 is 10.0 Å². The molecule has 182 valence electrons. The number of allylic oxidation sites excluding steroid dienone is 2. The topological polar surface area (TPSA) is 67.4 Å². The van der Waals surface area contributed by atoms with E-state index in [0.29, 0.717) is 24.0 Å². The van der Waals surface area contributed by atoms with E-state index >= 15 is 0 Å². The van der Waals surface area contributed by atoms with Crippen LogP contribution < -0.4 is 14.8 Å². The van der Waals surface area contributed by atoms with Crippen molar-refractivity contribution in [2.45, 2.75) is 30.2 Å². The van der Waals surface area contributed by atoms with Gasteiger partial charge in [-0.1, -0.05) is 48.6 Å². The molecule has 4 aromatic carbocycles. The van der Waals surface area contributed by atoms with E-state index in [-0.39, 0.29) is 16.9 Å². The highest BCUT2D eigenvalue weighted by Crippen LogP contribution is 2.50. The highest BCUT2D eigenvalue weighted by Gasteiger charge is 2.38. The minimum absolute atomic E-state index is 0.159. The largest absolute Gasteiger partial charge is 0.494 e. The van der Waals surface area contributed by atoms with Crippen LogP contribution in [0.3, 0.4) is 0 Å². The Hall–Kier alpha value is -3.77. The third-order valence-corrected chi connectivity index (χ3v) is 8.57. The second kappa shape index (κ2) is 9.03. The van der Waals surface area contributed by atoms with Crippen LogP contribution in [0.15, 0.2) is 102 Å². The van der Waals surface area contributed by atoms with E-state index in [0.717, 1.165) is 17.7 Å². The molecule has 6 rings (SSSR count). The van der Waals surface area contributed by atoms with Crippen molar-refractivity contribution < 1.29 is 13.2 Å². The Morgan fingerprint density at radius 1 is 0.944 bits per heavy atom. The van der Waals surface area contributed by atoms with Crippen LogP contribution in [0.4, 0.5) is 11.4 Å². The third kappa shape index (κ3) is 4.11. The summed E-state index contributed by atoms with van der Waals surface area (Å²) in [4.78, 5) is 0.264. The van der Waals surface area contributed by atoms with E-state index in [9.17, 15) is 8.42 Å². The number of sulfonamides is 1. The number of anilines is 2. The van der Waals surface area contributed by atoms with Gasteiger partial charge in [-0.25, -0.2) is 8.42 Å². The van der Waals surface area contributed by atoms with Gasteiger partial charge in [-0.15, -0.1) is 0 Å². The first-order valence-electron chi connectivity index (χ1n) is 12.3. The van der Waals surface area contributed by atoms with Gasteiger partial charge in [-0.05, 0) is 89.7 Å². The number of ether oxygens (including phenoxy) is 1. The molecule has 6 heteroatoms. The molecule has 2 N–H and O–H groups in total. The predicted molar refractivity (Wildman–Crippen MR) is 145 cm³/mol. The fraction of sp³-hybridized carbons (Fsp3) is 0.200. The Balaban J connectivity index is 1.30. The quantitative estimate of drug-likeness (QED) is 0.286. The van der Waals surface area contributed by atoms with Gasteiger partial charge in [-0.2, -0.15) is 0 Å². The van der Waals surface area contributed by atoms with Crippen LogP contribution in [0.5, 0.6) is 5.75 Å². The maximum absolute atomic E-state index is 13.2. The molecule has 0 spiro atoms. The molecule has 0 bridgehead atoms. The van der Waals surface area contributed by atoms with Gasteiger partial charge in [0.25, 0.3) is 10.0 Å². The van der Waals surface area contributed by atoms with Crippen molar-refractivity contribution in [2.24, 2.45) is 5.92 Å². The second-order valence-corrected chi connectivity index (χ2v) is 11.1. The smallest absolute Gasteiger partial charge is 0.261 e. The van der Waals surface area contributed by atoms with Crippen LogP contribution >= 0.6 is 0 Å². The summed E-state index contributed by atoms with van der Waals surface area (Å²) in [6.07, 6.45) is 5.41. The lowest BCUT2D eigenvalue weighted by molar-refractivity contribution is 0.340. The van der Waals surface area contributed by atoms with Gasteiger partial charge in [0.1, 0.15) is 5.75 Å². The van der Waals surface area contributed by atoms with E-state index in [2.05, 4.69) is 64.7 Å². The Morgan fingerprint density at radius 3 is 2.56 bits per heavy atom. The number of nitrogens with one attached hydrogen (secondary N) is 2. The summed E-state index contributed by atoms with van der Waals surface area (Å²) in [6, 6.07) is 27.6. The third-order valence-electron chi connectivity index (χ3n) is 7.19. The minimum atomic E-state index is -3.73. The van der Waals surface area contributed by atoms with Crippen molar-refractivity contribution in [3.8, 4) is 5.75 Å². The predicted octanol–water partition coefficient (Wildman–Crippen LogP) is 6.87. The molecule has 3 unspecified atom stereocenters. The van der Waals surface area contributed by atoms with Gasteiger partial charge in [0.15, 0.2) is 0 Å². The average molecular weight is 497 g/mol. The molecule has 2 aliphatic rings. The summed E-state index contributed by atoms with van der Waals surface area (Å²) < 4.78 is 34.6. The molecule has 0 aromatic heterocycles.